The smallest absolute Gasteiger partial charge is 0.163 e. The standard InChI is InChI=1S/C24H34O3.C7H8.C3H8/c1-6-8-19(20(7-2)22(26)11-17(5)25)12-18-13-21-15(3)9-10-16(4)24(21)23(27)14-18;1-7-5-3-2-4-6-7;1-3-2/h9-10,18-20H,6-8,11-14H2,1-5H3;2-6H,1H3;3H2,1-2H3. The van der Waals surface area contributed by atoms with Gasteiger partial charge < -0.3 is 0 Å². The summed E-state index contributed by atoms with van der Waals surface area (Å²) in [6.45, 7) is 16.1. The Morgan fingerprint density at radius 1 is 0.892 bits per heavy atom. The molecule has 0 radical (unpaired) electrons. The largest absolute Gasteiger partial charge is 0.300 e. The zero-order valence-electron chi connectivity index (χ0n) is 24.7. The fourth-order valence-corrected chi connectivity index (χ4v) is 5.43. The van der Waals surface area contributed by atoms with Crippen molar-refractivity contribution in [2.45, 2.75) is 107 Å². The van der Waals surface area contributed by atoms with Crippen molar-refractivity contribution in [1.29, 1.82) is 0 Å². The Morgan fingerprint density at radius 3 is 1.97 bits per heavy atom. The van der Waals surface area contributed by atoms with E-state index in [9.17, 15) is 14.4 Å². The Morgan fingerprint density at radius 2 is 1.49 bits per heavy atom. The van der Waals surface area contributed by atoms with Gasteiger partial charge in [0.1, 0.15) is 11.6 Å². The highest BCUT2D eigenvalue weighted by Gasteiger charge is 2.33. The molecule has 0 fully saturated rings. The normalized spacial score (nSPS) is 15.8. The van der Waals surface area contributed by atoms with Crippen LogP contribution in [0.1, 0.15) is 112 Å². The summed E-state index contributed by atoms with van der Waals surface area (Å²) >= 11 is 0. The number of hydrogen-bond donors (Lipinski definition) is 0. The molecule has 37 heavy (non-hydrogen) atoms. The molecule has 0 amide bonds. The second kappa shape index (κ2) is 17.1. The van der Waals surface area contributed by atoms with E-state index in [0.29, 0.717) is 12.3 Å². The Bertz CT molecular complexity index is 990. The highest BCUT2D eigenvalue weighted by atomic mass is 16.1. The van der Waals surface area contributed by atoms with Gasteiger partial charge in [0.2, 0.25) is 0 Å². The predicted molar refractivity (Wildman–Crippen MR) is 156 cm³/mol. The Labute approximate surface area is 226 Å². The fraction of sp³-hybridized carbons (Fsp3) is 0.559. The molecule has 3 nitrogen and oxygen atoms in total. The van der Waals surface area contributed by atoms with Gasteiger partial charge in [0, 0.05) is 17.9 Å². The highest BCUT2D eigenvalue weighted by Crippen LogP contribution is 2.37. The van der Waals surface area contributed by atoms with E-state index in [4.69, 9.17) is 0 Å². The first kappa shape index (κ1) is 32.5. The minimum Gasteiger partial charge on any atom is -0.300 e. The van der Waals surface area contributed by atoms with E-state index >= 15 is 0 Å². The summed E-state index contributed by atoms with van der Waals surface area (Å²) < 4.78 is 0. The third kappa shape index (κ3) is 10.8. The number of Topliss-reactive ketones (excluding diaryl/α,β-unsaturated/α-hetero) is 3. The number of rotatable bonds is 9. The van der Waals surface area contributed by atoms with E-state index < -0.39 is 0 Å². The molecule has 0 aromatic heterocycles. The minimum atomic E-state index is -0.0658. The van der Waals surface area contributed by atoms with Gasteiger partial charge in [-0.1, -0.05) is 95.0 Å². The summed E-state index contributed by atoms with van der Waals surface area (Å²) in [7, 11) is 0. The Balaban J connectivity index is 0.000000572. The third-order valence-electron chi connectivity index (χ3n) is 7.08. The highest BCUT2D eigenvalue weighted by molar-refractivity contribution is 6.00. The summed E-state index contributed by atoms with van der Waals surface area (Å²) in [5.41, 5.74) is 5.72. The molecule has 2 aromatic rings. The molecule has 0 heterocycles. The molecule has 3 rings (SSSR count). The van der Waals surface area contributed by atoms with Gasteiger partial charge in [-0.15, -0.1) is 0 Å². The van der Waals surface area contributed by atoms with Crippen LogP contribution in [0.3, 0.4) is 0 Å². The van der Waals surface area contributed by atoms with Crippen LogP contribution in [-0.4, -0.2) is 17.3 Å². The van der Waals surface area contributed by atoms with Crippen LogP contribution in [0.25, 0.3) is 0 Å². The van der Waals surface area contributed by atoms with Crippen molar-refractivity contribution in [1.82, 2.24) is 0 Å². The van der Waals surface area contributed by atoms with Crippen molar-refractivity contribution in [3.63, 3.8) is 0 Å². The van der Waals surface area contributed by atoms with E-state index in [1.807, 2.05) is 38.1 Å². The number of fused-ring (bicyclic) bond motifs is 1. The van der Waals surface area contributed by atoms with Crippen molar-refractivity contribution in [3.8, 4) is 0 Å². The van der Waals surface area contributed by atoms with Gasteiger partial charge in [-0.2, -0.15) is 0 Å². The lowest BCUT2D eigenvalue weighted by atomic mass is 9.71. The van der Waals surface area contributed by atoms with E-state index in [2.05, 4.69) is 52.8 Å². The predicted octanol–water partition coefficient (Wildman–Crippen LogP) is 8.84. The molecule has 1 aliphatic carbocycles. The van der Waals surface area contributed by atoms with Crippen LogP contribution in [0.4, 0.5) is 0 Å². The molecule has 0 spiro atoms. The topological polar surface area (TPSA) is 51.2 Å². The number of hydrogen-bond acceptors (Lipinski definition) is 3. The van der Waals surface area contributed by atoms with Crippen molar-refractivity contribution in [2.24, 2.45) is 17.8 Å². The molecule has 1 aliphatic rings. The van der Waals surface area contributed by atoms with Crippen LogP contribution >= 0.6 is 0 Å². The number of benzene rings is 2. The first-order chi connectivity index (χ1) is 17.6. The average molecular weight is 507 g/mol. The maximum atomic E-state index is 12.8. The SMILES string of the molecule is CCC.CCCC(CC1CC(=O)c2c(C)ccc(C)c2C1)C(CC)C(=O)CC(C)=O.Cc1ccccc1. The zero-order chi connectivity index (χ0) is 28.0. The van der Waals surface area contributed by atoms with Crippen LogP contribution < -0.4 is 0 Å². The number of carbonyl (C=O) groups is 3. The number of aryl methyl sites for hydroxylation is 3. The number of carbonyl (C=O) groups excluding carboxylic acids is 3. The second-order valence-electron chi connectivity index (χ2n) is 10.8. The zero-order valence-corrected chi connectivity index (χ0v) is 24.7. The lowest BCUT2D eigenvalue weighted by Gasteiger charge is -2.32. The first-order valence-corrected chi connectivity index (χ1v) is 14.2. The maximum Gasteiger partial charge on any atom is 0.163 e. The molecule has 3 atom stereocenters. The average Bonchev–Trinajstić information content (AvgIpc) is 2.83. The molecular weight excluding hydrogens is 456 g/mol. The Kier molecular flexibility index (Phi) is 15.0. The van der Waals surface area contributed by atoms with Crippen LogP contribution in [0, 0.1) is 38.5 Å². The lowest BCUT2D eigenvalue weighted by Crippen LogP contribution is -2.30. The molecule has 0 aliphatic heterocycles. The van der Waals surface area contributed by atoms with Gasteiger partial charge in [-0.25, -0.2) is 0 Å². The quantitative estimate of drug-likeness (QED) is 0.319. The third-order valence-corrected chi connectivity index (χ3v) is 7.08. The van der Waals surface area contributed by atoms with E-state index in [-0.39, 0.29) is 35.6 Å². The van der Waals surface area contributed by atoms with Crippen molar-refractivity contribution in [3.05, 3.63) is 70.3 Å². The van der Waals surface area contributed by atoms with Crippen LogP contribution in [0.2, 0.25) is 0 Å². The van der Waals surface area contributed by atoms with E-state index in [0.717, 1.165) is 43.2 Å². The van der Waals surface area contributed by atoms with E-state index in [1.54, 1.807) is 0 Å². The summed E-state index contributed by atoms with van der Waals surface area (Å²) in [5.74, 6) is 0.766. The van der Waals surface area contributed by atoms with Gasteiger partial charge in [0.15, 0.2) is 5.78 Å². The Hall–Kier alpha value is -2.55. The van der Waals surface area contributed by atoms with Gasteiger partial charge in [-0.3, -0.25) is 14.4 Å². The molecule has 0 saturated carbocycles. The van der Waals surface area contributed by atoms with Crippen molar-refractivity contribution < 1.29 is 14.4 Å². The molecule has 3 heteroatoms. The molecule has 0 bridgehead atoms. The van der Waals surface area contributed by atoms with Gasteiger partial charge in [0.05, 0.1) is 6.42 Å². The number of ketones is 3. The van der Waals surface area contributed by atoms with Gasteiger partial charge in [0.25, 0.3) is 0 Å². The summed E-state index contributed by atoms with van der Waals surface area (Å²) in [5, 5.41) is 0. The van der Waals surface area contributed by atoms with E-state index in [1.165, 1.54) is 30.0 Å². The van der Waals surface area contributed by atoms with Crippen molar-refractivity contribution in [2.75, 3.05) is 0 Å². The molecule has 0 N–H and O–H groups in total. The molecule has 3 unspecified atom stereocenters. The van der Waals surface area contributed by atoms with Crippen LogP contribution in [0.15, 0.2) is 42.5 Å². The molecular formula is C34H50O3. The minimum absolute atomic E-state index is 0.0451. The summed E-state index contributed by atoms with van der Waals surface area (Å²) in [4.78, 5) is 36.9. The molecule has 0 saturated heterocycles. The first-order valence-electron chi connectivity index (χ1n) is 14.2. The van der Waals surface area contributed by atoms with Crippen LogP contribution in [-0.2, 0) is 16.0 Å². The lowest BCUT2D eigenvalue weighted by molar-refractivity contribution is -0.129. The van der Waals surface area contributed by atoms with Crippen molar-refractivity contribution >= 4 is 17.3 Å². The fourth-order valence-electron chi connectivity index (χ4n) is 5.43. The second-order valence-corrected chi connectivity index (χ2v) is 10.8. The van der Waals surface area contributed by atoms with Gasteiger partial charge >= 0.3 is 0 Å². The van der Waals surface area contributed by atoms with Crippen LogP contribution in [0.5, 0.6) is 0 Å². The molecule has 2 aromatic carbocycles. The summed E-state index contributed by atoms with van der Waals surface area (Å²) in [6, 6.07) is 14.4. The maximum absolute atomic E-state index is 12.8. The monoisotopic (exact) mass is 506 g/mol. The van der Waals surface area contributed by atoms with Gasteiger partial charge in [-0.05, 0) is 75.5 Å². The molecule has 204 valence electrons. The summed E-state index contributed by atoms with van der Waals surface area (Å²) in [6.07, 6.45) is 6.46.